The smallest absolute Gasteiger partial charge is 0.288 e. The highest BCUT2D eigenvalue weighted by Gasteiger charge is 2.15. The molecule has 0 heterocycles. The molecule has 0 aliphatic rings. The first-order chi connectivity index (χ1) is 7.56. The number of rotatable bonds is 3. The van der Waals surface area contributed by atoms with Crippen LogP contribution in [0.4, 0.5) is 5.69 Å². The maximum atomic E-state index is 11.4. The summed E-state index contributed by atoms with van der Waals surface area (Å²) in [6, 6.07) is 5.40. The molecule has 82 valence electrons. The first-order valence-corrected chi connectivity index (χ1v) is 4.53. The molecular formula is C9H6ClN3O3. The molecule has 0 saturated heterocycles. The minimum absolute atomic E-state index is 0.0400. The van der Waals surface area contributed by atoms with Crippen LogP contribution in [-0.4, -0.2) is 17.4 Å². The first kappa shape index (κ1) is 11.9. The fourth-order valence-electron chi connectivity index (χ4n) is 1.02. The zero-order valence-corrected chi connectivity index (χ0v) is 8.69. The standard InChI is InChI=1S/C9H6ClN3O3/c10-7-2-1-6(5-8(7)13(15)16)9(14)12-4-3-11/h1-2,5H,4H2,(H,12,14). The van der Waals surface area contributed by atoms with E-state index in [1.807, 2.05) is 0 Å². The second-order valence-corrected chi connectivity index (χ2v) is 3.17. The molecule has 0 bridgehead atoms. The van der Waals surface area contributed by atoms with Crippen molar-refractivity contribution < 1.29 is 9.72 Å². The van der Waals surface area contributed by atoms with Gasteiger partial charge in [0.2, 0.25) is 0 Å². The van der Waals surface area contributed by atoms with Gasteiger partial charge in [-0.3, -0.25) is 14.9 Å². The summed E-state index contributed by atoms with van der Waals surface area (Å²) in [6.07, 6.45) is 0. The van der Waals surface area contributed by atoms with Crippen molar-refractivity contribution in [1.82, 2.24) is 5.32 Å². The van der Waals surface area contributed by atoms with Crippen molar-refractivity contribution in [2.24, 2.45) is 0 Å². The fourth-order valence-corrected chi connectivity index (χ4v) is 1.20. The molecule has 1 aromatic carbocycles. The van der Waals surface area contributed by atoms with Gasteiger partial charge in [-0.05, 0) is 12.1 Å². The van der Waals surface area contributed by atoms with Crippen molar-refractivity contribution in [3.05, 3.63) is 38.9 Å². The molecule has 0 fully saturated rings. The third-order valence-electron chi connectivity index (χ3n) is 1.73. The number of halogens is 1. The summed E-state index contributed by atoms with van der Waals surface area (Å²) in [6.45, 7) is -0.157. The van der Waals surface area contributed by atoms with E-state index < -0.39 is 10.8 Å². The molecule has 6 nitrogen and oxygen atoms in total. The van der Waals surface area contributed by atoms with Crippen LogP contribution in [0, 0.1) is 21.4 Å². The Balaban J connectivity index is 2.99. The van der Waals surface area contributed by atoms with Gasteiger partial charge in [0.15, 0.2) is 0 Å². The maximum Gasteiger partial charge on any atom is 0.288 e. The van der Waals surface area contributed by atoms with Crippen LogP contribution in [0.25, 0.3) is 0 Å². The van der Waals surface area contributed by atoms with Crippen LogP contribution in [0.3, 0.4) is 0 Å². The Morgan fingerprint density at radius 2 is 2.31 bits per heavy atom. The Hall–Kier alpha value is -2.13. The summed E-state index contributed by atoms with van der Waals surface area (Å²) >= 11 is 5.57. The van der Waals surface area contributed by atoms with Crippen LogP contribution in [0.5, 0.6) is 0 Å². The quantitative estimate of drug-likeness (QED) is 0.491. The lowest BCUT2D eigenvalue weighted by atomic mass is 10.2. The molecule has 0 atom stereocenters. The summed E-state index contributed by atoms with van der Waals surface area (Å²) in [7, 11) is 0. The van der Waals surface area contributed by atoms with E-state index in [4.69, 9.17) is 16.9 Å². The van der Waals surface area contributed by atoms with Crippen LogP contribution in [0.1, 0.15) is 10.4 Å². The van der Waals surface area contributed by atoms with Gasteiger partial charge in [-0.2, -0.15) is 5.26 Å². The van der Waals surface area contributed by atoms with Crippen LogP contribution >= 0.6 is 11.6 Å². The van der Waals surface area contributed by atoms with Crippen LogP contribution in [-0.2, 0) is 0 Å². The predicted octanol–water partition coefficient (Wildman–Crippen LogP) is 1.50. The SMILES string of the molecule is N#CCNC(=O)c1ccc(Cl)c([N+](=O)[O-])c1. The molecule has 0 unspecified atom stereocenters. The Morgan fingerprint density at radius 3 is 2.88 bits per heavy atom. The highest BCUT2D eigenvalue weighted by atomic mass is 35.5. The van der Waals surface area contributed by atoms with Crippen LogP contribution in [0.15, 0.2) is 18.2 Å². The van der Waals surface area contributed by atoms with Gasteiger partial charge in [0.25, 0.3) is 11.6 Å². The molecule has 16 heavy (non-hydrogen) atoms. The number of carbonyl (C=O) groups excluding carboxylic acids is 1. The predicted molar refractivity (Wildman–Crippen MR) is 56.1 cm³/mol. The largest absolute Gasteiger partial charge is 0.339 e. The number of nitriles is 1. The molecular weight excluding hydrogens is 234 g/mol. The molecule has 1 amide bonds. The number of amides is 1. The maximum absolute atomic E-state index is 11.4. The van der Waals surface area contributed by atoms with Crippen LogP contribution < -0.4 is 5.32 Å². The number of carbonyl (C=O) groups is 1. The minimum atomic E-state index is -0.677. The van der Waals surface area contributed by atoms with E-state index in [9.17, 15) is 14.9 Å². The summed E-state index contributed by atoms with van der Waals surface area (Å²) in [5, 5.41) is 21.0. The minimum Gasteiger partial charge on any atom is -0.339 e. The van der Waals surface area contributed by atoms with Crippen molar-refractivity contribution in [2.45, 2.75) is 0 Å². The summed E-state index contributed by atoms with van der Waals surface area (Å²) in [5.41, 5.74) is -0.252. The molecule has 0 saturated carbocycles. The number of benzene rings is 1. The van der Waals surface area contributed by atoms with Crippen molar-refractivity contribution in [3.8, 4) is 6.07 Å². The number of nitro benzene ring substituents is 1. The van der Waals surface area contributed by atoms with Gasteiger partial charge in [0.1, 0.15) is 11.6 Å². The monoisotopic (exact) mass is 239 g/mol. The Morgan fingerprint density at radius 1 is 1.62 bits per heavy atom. The molecule has 7 heteroatoms. The van der Waals surface area contributed by atoms with Gasteiger partial charge >= 0.3 is 0 Å². The molecule has 1 aromatic rings. The van der Waals surface area contributed by atoms with E-state index in [1.165, 1.54) is 12.1 Å². The first-order valence-electron chi connectivity index (χ1n) is 4.15. The lowest BCUT2D eigenvalue weighted by Gasteiger charge is -2.01. The van der Waals surface area contributed by atoms with E-state index in [0.717, 1.165) is 6.07 Å². The molecule has 0 aliphatic heterocycles. The van der Waals surface area contributed by atoms with Gasteiger partial charge < -0.3 is 5.32 Å². The zero-order valence-electron chi connectivity index (χ0n) is 7.94. The second kappa shape index (κ2) is 5.09. The summed E-state index contributed by atoms with van der Waals surface area (Å²) < 4.78 is 0. The number of hydrogen-bond donors (Lipinski definition) is 1. The van der Waals surface area contributed by atoms with Gasteiger partial charge in [-0.15, -0.1) is 0 Å². The van der Waals surface area contributed by atoms with E-state index >= 15 is 0 Å². The van der Waals surface area contributed by atoms with E-state index in [0.29, 0.717) is 0 Å². The zero-order chi connectivity index (χ0) is 12.1. The Bertz CT molecular complexity index is 481. The molecule has 0 radical (unpaired) electrons. The lowest BCUT2D eigenvalue weighted by molar-refractivity contribution is -0.384. The Labute approximate surface area is 95.6 Å². The van der Waals surface area contributed by atoms with Gasteiger partial charge in [-0.1, -0.05) is 11.6 Å². The van der Waals surface area contributed by atoms with E-state index in [1.54, 1.807) is 6.07 Å². The topological polar surface area (TPSA) is 96.0 Å². The van der Waals surface area contributed by atoms with Gasteiger partial charge in [0.05, 0.1) is 11.0 Å². The van der Waals surface area contributed by atoms with Gasteiger partial charge in [0, 0.05) is 11.6 Å². The number of hydrogen-bond acceptors (Lipinski definition) is 4. The van der Waals surface area contributed by atoms with E-state index in [2.05, 4.69) is 5.32 Å². The third kappa shape index (κ3) is 2.68. The van der Waals surface area contributed by atoms with Gasteiger partial charge in [-0.25, -0.2) is 0 Å². The van der Waals surface area contributed by atoms with Crippen molar-refractivity contribution in [1.29, 1.82) is 5.26 Å². The average Bonchev–Trinajstić information content (AvgIpc) is 2.26. The summed E-state index contributed by atoms with van der Waals surface area (Å²) in [5.74, 6) is -0.554. The summed E-state index contributed by atoms with van der Waals surface area (Å²) in [4.78, 5) is 21.2. The number of nitrogens with zero attached hydrogens (tertiary/aromatic N) is 2. The third-order valence-corrected chi connectivity index (χ3v) is 2.05. The van der Waals surface area contributed by atoms with Crippen LogP contribution in [0.2, 0.25) is 5.02 Å². The normalized spacial score (nSPS) is 9.25. The molecule has 0 spiro atoms. The molecule has 1 rings (SSSR count). The lowest BCUT2D eigenvalue weighted by Crippen LogP contribution is -2.23. The average molecular weight is 240 g/mol. The van der Waals surface area contributed by atoms with E-state index in [-0.39, 0.29) is 22.8 Å². The fraction of sp³-hybridized carbons (Fsp3) is 0.111. The number of nitro groups is 1. The highest BCUT2D eigenvalue weighted by molar-refractivity contribution is 6.32. The van der Waals surface area contributed by atoms with Crippen molar-refractivity contribution >= 4 is 23.2 Å². The number of nitrogens with one attached hydrogen (secondary N) is 1. The molecule has 0 aromatic heterocycles. The second-order valence-electron chi connectivity index (χ2n) is 2.76. The highest BCUT2D eigenvalue weighted by Crippen LogP contribution is 2.24. The molecule has 0 aliphatic carbocycles. The van der Waals surface area contributed by atoms with Crippen molar-refractivity contribution in [2.75, 3.05) is 6.54 Å². The molecule has 1 N–H and O–H groups in total. The van der Waals surface area contributed by atoms with Crippen molar-refractivity contribution in [3.63, 3.8) is 0 Å². The Kier molecular flexibility index (Phi) is 3.80.